The quantitative estimate of drug-likeness (QED) is 0.0261. The molecule has 0 radical (unpaired) electrons. The minimum absolute atomic E-state index is 0.0698. The minimum atomic E-state index is -0.772. The zero-order valence-corrected chi connectivity index (χ0v) is 49.4. The Morgan fingerprint density at radius 2 is 0.521 bits per heavy atom. The van der Waals surface area contributed by atoms with Gasteiger partial charge in [0.25, 0.3) is 0 Å². The second-order valence-corrected chi connectivity index (χ2v) is 22.4. The Morgan fingerprint density at radius 1 is 0.274 bits per heavy atom. The molecule has 1 atom stereocenters. The number of hydrogen-bond donors (Lipinski definition) is 0. The number of carbonyl (C=O) groups is 3. The lowest BCUT2D eigenvalue weighted by Gasteiger charge is -2.18. The van der Waals surface area contributed by atoms with Gasteiger partial charge >= 0.3 is 17.9 Å². The normalized spacial score (nSPS) is 12.1. The second kappa shape index (κ2) is 62.4. The molecule has 0 N–H and O–H groups in total. The molecule has 0 aromatic heterocycles. The van der Waals surface area contributed by atoms with Crippen molar-refractivity contribution in [3.63, 3.8) is 0 Å². The average molecular weight is 1030 g/mol. The topological polar surface area (TPSA) is 78.9 Å². The van der Waals surface area contributed by atoms with Crippen molar-refractivity contribution in [3.05, 3.63) is 24.3 Å². The van der Waals surface area contributed by atoms with Crippen LogP contribution in [0.2, 0.25) is 0 Å². The van der Waals surface area contributed by atoms with Crippen molar-refractivity contribution in [2.75, 3.05) is 13.2 Å². The summed E-state index contributed by atoms with van der Waals surface area (Å²) in [7, 11) is 0. The summed E-state index contributed by atoms with van der Waals surface area (Å²) in [6.07, 6.45) is 74.9. The molecule has 0 amide bonds. The molecule has 0 aliphatic carbocycles. The fourth-order valence-electron chi connectivity index (χ4n) is 10.0. The van der Waals surface area contributed by atoms with Crippen molar-refractivity contribution in [1.82, 2.24) is 0 Å². The Bertz CT molecular complexity index is 1180. The van der Waals surface area contributed by atoms with Gasteiger partial charge in [0, 0.05) is 19.3 Å². The van der Waals surface area contributed by atoms with Gasteiger partial charge < -0.3 is 14.2 Å². The maximum Gasteiger partial charge on any atom is 0.306 e. The van der Waals surface area contributed by atoms with E-state index in [1.54, 1.807) is 0 Å². The molecule has 0 heterocycles. The third-order valence-corrected chi connectivity index (χ3v) is 14.9. The number of esters is 3. The van der Waals surface area contributed by atoms with Gasteiger partial charge in [-0.2, -0.15) is 0 Å². The standard InChI is InChI=1S/C67H126O6/c1-4-7-10-13-16-19-22-25-27-28-29-30-31-32-33-34-35-36-37-38-39-40-43-45-48-51-54-57-60-66(69)72-63-64(62-71-65(68)59-56-53-50-47-44-41-24-21-18-15-12-9-6-3)73-67(70)61-58-55-52-49-46-42-26-23-20-17-14-11-8-5-2/h12,15,21,24,64H,4-11,13-14,16-20,22-23,25-63H2,1-3H3/b15-12-,24-21-. The Hall–Kier alpha value is -2.11. The summed E-state index contributed by atoms with van der Waals surface area (Å²) in [5.74, 6) is -0.859. The molecule has 73 heavy (non-hydrogen) atoms. The van der Waals surface area contributed by atoms with Gasteiger partial charge in [0.1, 0.15) is 13.2 Å². The predicted molar refractivity (Wildman–Crippen MR) is 316 cm³/mol. The summed E-state index contributed by atoms with van der Waals surface area (Å²) in [4.78, 5) is 38.2. The maximum absolute atomic E-state index is 12.9. The predicted octanol–water partition coefficient (Wildman–Crippen LogP) is 22.2. The van der Waals surface area contributed by atoms with Crippen molar-refractivity contribution in [1.29, 1.82) is 0 Å². The van der Waals surface area contributed by atoms with Crippen LogP contribution in [0.15, 0.2) is 24.3 Å². The lowest BCUT2D eigenvalue weighted by atomic mass is 10.0. The van der Waals surface area contributed by atoms with E-state index in [-0.39, 0.29) is 31.1 Å². The van der Waals surface area contributed by atoms with E-state index in [9.17, 15) is 14.4 Å². The van der Waals surface area contributed by atoms with Crippen molar-refractivity contribution in [3.8, 4) is 0 Å². The van der Waals surface area contributed by atoms with Crippen LogP contribution in [-0.2, 0) is 28.6 Å². The van der Waals surface area contributed by atoms with Crippen LogP contribution in [0.3, 0.4) is 0 Å². The van der Waals surface area contributed by atoms with Gasteiger partial charge in [-0.05, 0) is 44.9 Å². The van der Waals surface area contributed by atoms with Gasteiger partial charge in [0.05, 0.1) is 0 Å². The van der Waals surface area contributed by atoms with Crippen molar-refractivity contribution in [2.24, 2.45) is 0 Å². The number of hydrogen-bond acceptors (Lipinski definition) is 6. The van der Waals surface area contributed by atoms with Crippen LogP contribution in [0.25, 0.3) is 0 Å². The molecule has 6 nitrogen and oxygen atoms in total. The first-order valence-corrected chi connectivity index (χ1v) is 32.8. The summed E-state index contributed by atoms with van der Waals surface area (Å²) in [6.45, 7) is 6.63. The maximum atomic E-state index is 12.9. The zero-order chi connectivity index (χ0) is 52.9. The Balaban J connectivity index is 4.13. The van der Waals surface area contributed by atoms with E-state index in [4.69, 9.17) is 14.2 Å². The molecule has 0 aliphatic rings. The Labute approximate surface area is 455 Å². The number of rotatable bonds is 61. The van der Waals surface area contributed by atoms with E-state index < -0.39 is 6.10 Å². The summed E-state index contributed by atoms with van der Waals surface area (Å²) in [5.41, 5.74) is 0. The number of allylic oxidation sites excluding steroid dienone is 4. The van der Waals surface area contributed by atoms with Gasteiger partial charge in [0.2, 0.25) is 0 Å². The van der Waals surface area contributed by atoms with Gasteiger partial charge in [0.15, 0.2) is 6.10 Å². The monoisotopic (exact) mass is 1030 g/mol. The highest BCUT2D eigenvalue weighted by Crippen LogP contribution is 2.18. The third kappa shape index (κ3) is 60.6. The molecule has 430 valence electrons. The van der Waals surface area contributed by atoms with Gasteiger partial charge in [-0.3, -0.25) is 14.4 Å². The smallest absolute Gasteiger partial charge is 0.306 e. The Morgan fingerprint density at radius 3 is 0.808 bits per heavy atom. The third-order valence-electron chi connectivity index (χ3n) is 14.9. The molecular weight excluding hydrogens is 901 g/mol. The highest BCUT2D eigenvalue weighted by Gasteiger charge is 2.19. The molecular formula is C67H126O6. The molecule has 0 bridgehead atoms. The fraction of sp³-hybridized carbons (Fsp3) is 0.896. The first kappa shape index (κ1) is 70.9. The molecule has 6 heteroatoms. The van der Waals surface area contributed by atoms with Crippen molar-refractivity contribution < 1.29 is 28.6 Å². The summed E-state index contributed by atoms with van der Waals surface area (Å²) < 4.78 is 16.9. The lowest BCUT2D eigenvalue weighted by molar-refractivity contribution is -0.167. The average Bonchev–Trinajstić information content (AvgIpc) is 3.39. The first-order chi connectivity index (χ1) is 36.0. The van der Waals surface area contributed by atoms with Crippen LogP contribution < -0.4 is 0 Å². The molecule has 0 fully saturated rings. The SMILES string of the molecule is CCC/C=C\C/C=C\CCCCCCCC(=O)OCC(COC(=O)CCCCCCCCCCCCCCCCCCCCCCCCCCCCCC)OC(=O)CCCCCCCCCCCCCCCC. The lowest BCUT2D eigenvalue weighted by Crippen LogP contribution is -2.30. The van der Waals surface area contributed by atoms with Gasteiger partial charge in [-0.25, -0.2) is 0 Å². The highest BCUT2D eigenvalue weighted by molar-refractivity contribution is 5.71. The van der Waals surface area contributed by atoms with Crippen molar-refractivity contribution in [2.45, 2.75) is 374 Å². The molecule has 0 aromatic carbocycles. The van der Waals surface area contributed by atoms with Gasteiger partial charge in [-0.1, -0.05) is 328 Å². The van der Waals surface area contributed by atoms with E-state index in [1.165, 1.54) is 244 Å². The fourth-order valence-corrected chi connectivity index (χ4v) is 10.0. The molecule has 0 aromatic rings. The molecule has 0 spiro atoms. The second-order valence-electron chi connectivity index (χ2n) is 22.4. The van der Waals surface area contributed by atoms with E-state index >= 15 is 0 Å². The summed E-state index contributed by atoms with van der Waals surface area (Å²) >= 11 is 0. The minimum Gasteiger partial charge on any atom is -0.462 e. The van der Waals surface area contributed by atoms with E-state index in [2.05, 4.69) is 45.1 Å². The van der Waals surface area contributed by atoms with Crippen LogP contribution in [-0.4, -0.2) is 37.2 Å². The van der Waals surface area contributed by atoms with Crippen molar-refractivity contribution >= 4 is 17.9 Å². The van der Waals surface area contributed by atoms with Crippen LogP contribution in [0.5, 0.6) is 0 Å². The highest BCUT2D eigenvalue weighted by atomic mass is 16.6. The van der Waals surface area contributed by atoms with E-state index in [0.717, 1.165) is 83.5 Å². The van der Waals surface area contributed by atoms with Crippen LogP contribution >= 0.6 is 0 Å². The van der Waals surface area contributed by atoms with Gasteiger partial charge in [-0.15, -0.1) is 0 Å². The molecule has 0 saturated heterocycles. The molecule has 0 aliphatic heterocycles. The first-order valence-electron chi connectivity index (χ1n) is 32.8. The molecule has 0 rings (SSSR count). The Kier molecular flexibility index (Phi) is 60.6. The number of unbranched alkanes of at least 4 members (excludes halogenated alkanes) is 46. The summed E-state index contributed by atoms with van der Waals surface area (Å²) in [6, 6.07) is 0. The van der Waals surface area contributed by atoms with Crippen LogP contribution in [0.4, 0.5) is 0 Å². The van der Waals surface area contributed by atoms with Crippen LogP contribution in [0.1, 0.15) is 367 Å². The molecule has 1 unspecified atom stereocenters. The number of carbonyl (C=O) groups excluding carboxylic acids is 3. The largest absolute Gasteiger partial charge is 0.462 e. The van der Waals surface area contributed by atoms with Crippen LogP contribution in [0, 0.1) is 0 Å². The number of ether oxygens (including phenoxy) is 3. The van der Waals surface area contributed by atoms with E-state index in [1.807, 2.05) is 0 Å². The van der Waals surface area contributed by atoms with E-state index in [0.29, 0.717) is 19.3 Å². The molecule has 0 saturated carbocycles. The zero-order valence-electron chi connectivity index (χ0n) is 49.4. The summed E-state index contributed by atoms with van der Waals surface area (Å²) in [5, 5.41) is 0.